The molecule has 0 saturated carbocycles. The van der Waals surface area contributed by atoms with Crippen LogP contribution in [0.15, 0.2) is 0 Å². The zero-order valence-electron chi connectivity index (χ0n) is 12.2. The molecule has 7 nitrogen and oxygen atoms in total. The number of anilines is 2. The number of hydrogen-bond acceptors (Lipinski definition) is 6. The summed E-state index contributed by atoms with van der Waals surface area (Å²) in [5.74, 6) is 2.26. The van der Waals surface area contributed by atoms with Crippen LogP contribution in [0.1, 0.15) is 31.2 Å². The van der Waals surface area contributed by atoms with Gasteiger partial charge in [0.1, 0.15) is 17.5 Å². The van der Waals surface area contributed by atoms with E-state index in [4.69, 9.17) is 5.14 Å². The monoisotopic (exact) mass is 301 g/mol. The molecule has 0 unspecified atom stereocenters. The number of hydrogen-bond donors (Lipinski definition) is 3. The summed E-state index contributed by atoms with van der Waals surface area (Å²) in [4.78, 5) is 8.89. The van der Waals surface area contributed by atoms with Gasteiger partial charge in [-0.25, -0.2) is 23.5 Å². The fourth-order valence-electron chi connectivity index (χ4n) is 1.79. The fraction of sp³-hybridized carbons (Fsp3) is 0.667. The van der Waals surface area contributed by atoms with Crippen molar-refractivity contribution in [2.45, 2.75) is 33.1 Å². The quantitative estimate of drug-likeness (QED) is 0.615. The third-order valence-corrected chi connectivity index (χ3v) is 3.66. The Labute approximate surface area is 120 Å². The molecule has 4 N–H and O–H groups in total. The first-order valence-electron chi connectivity index (χ1n) is 6.67. The van der Waals surface area contributed by atoms with Gasteiger partial charge in [0, 0.05) is 25.6 Å². The van der Waals surface area contributed by atoms with Crippen LogP contribution in [0.2, 0.25) is 0 Å². The van der Waals surface area contributed by atoms with Crippen molar-refractivity contribution in [3.63, 3.8) is 0 Å². The zero-order chi connectivity index (χ0) is 15.2. The van der Waals surface area contributed by atoms with Gasteiger partial charge in [-0.1, -0.05) is 6.92 Å². The standard InChI is InChI=1S/C12H23N5O2S/c1-4-6-10-16-11(14-3)9(2)12(17-10)15-7-5-8-20(13,18)19/h4-8H2,1-3H3,(H2,13,18,19)(H2,14,15,16,17). The predicted octanol–water partition coefficient (Wildman–Crippen LogP) is 0.870. The summed E-state index contributed by atoms with van der Waals surface area (Å²) in [6.45, 7) is 4.49. The average Bonchev–Trinajstić information content (AvgIpc) is 2.36. The van der Waals surface area contributed by atoms with Crippen molar-refractivity contribution >= 4 is 21.7 Å². The van der Waals surface area contributed by atoms with Crippen molar-refractivity contribution in [1.29, 1.82) is 0 Å². The molecule has 0 fully saturated rings. The largest absolute Gasteiger partial charge is 0.373 e. The minimum Gasteiger partial charge on any atom is -0.373 e. The van der Waals surface area contributed by atoms with Crippen molar-refractivity contribution in [2.75, 3.05) is 30.0 Å². The molecule has 0 aliphatic carbocycles. The smallest absolute Gasteiger partial charge is 0.209 e. The Bertz CT molecular complexity index is 545. The van der Waals surface area contributed by atoms with E-state index in [9.17, 15) is 8.42 Å². The molecule has 0 aromatic carbocycles. The summed E-state index contributed by atoms with van der Waals surface area (Å²) < 4.78 is 21.7. The van der Waals surface area contributed by atoms with E-state index in [1.165, 1.54) is 0 Å². The van der Waals surface area contributed by atoms with E-state index >= 15 is 0 Å². The van der Waals surface area contributed by atoms with Gasteiger partial charge in [0.05, 0.1) is 5.75 Å². The number of aromatic nitrogens is 2. The van der Waals surface area contributed by atoms with E-state index in [2.05, 4.69) is 27.5 Å². The summed E-state index contributed by atoms with van der Waals surface area (Å²) in [5, 5.41) is 11.2. The van der Waals surface area contributed by atoms with Gasteiger partial charge in [-0.15, -0.1) is 0 Å². The lowest BCUT2D eigenvalue weighted by Gasteiger charge is -2.13. The van der Waals surface area contributed by atoms with Crippen LogP contribution in [-0.2, 0) is 16.4 Å². The van der Waals surface area contributed by atoms with Gasteiger partial charge in [-0.2, -0.15) is 0 Å². The first-order chi connectivity index (χ1) is 9.37. The van der Waals surface area contributed by atoms with E-state index < -0.39 is 10.0 Å². The molecule has 0 saturated heterocycles. The maximum Gasteiger partial charge on any atom is 0.209 e. The Morgan fingerprint density at radius 3 is 2.45 bits per heavy atom. The second kappa shape index (κ2) is 7.39. The van der Waals surface area contributed by atoms with Gasteiger partial charge < -0.3 is 10.6 Å². The molecule has 0 radical (unpaired) electrons. The molecule has 1 aromatic rings. The molecule has 8 heteroatoms. The highest BCUT2D eigenvalue weighted by molar-refractivity contribution is 7.89. The molecular formula is C12H23N5O2S. The highest BCUT2D eigenvalue weighted by Gasteiger charge is 2.10. The molecule has 1 heterocycles. The van der Waals surface area contributed by atoms with Crippen molar-refractivity contribution in [1.82, 2.24) is 9.97 Å². The number of nitrogens with two attached hydrogens (primary N) is 1. The van der Waals surface area contributed by atoms with Gasteiger partial charge in [0.25, 0.3) is 0 Å². The Morgan fingerprint density at radius 1 is 1.25 bits per heavy atom. The molecule has 0 aliphatic rings. The Balaban J connectivity index is 2.75. The summed E-state index contributed by atoms with van der Waals surface area (Å²) in [7, 11) is -1.59. The van der Waals surface area contributed by atoms with Crippen LogP contribution in [0, 0.1) is 6.92 Å². The molecular weight excluding hydrogens is 278 g/mol. The molecule has 0 amide bonds. The van der Waals surface area contributed by atoms with Crippen molar-refractivity contribution in [2.24, 2.45) is 5.14 Å². The number of aryl methyl sites for hydroxylation is 1. The summed E-state index contributed by atoms with van der Waals surface area (Å²) in [5.41, 5.74) is 0.919. The molecule has 1 aromatic heterocycles. The minimum absolute atomic E-state index is 0.0369. The molecule has 0 aliphatic heterocycles. The topological polar surface area (TPSA) is 110 Å². The Kier molecular flexibility index (Phi) is 6.15. The van der Waals surface area contributed by atoms with Gasteiger partial charge >= 0.3 is 0 Å². The number of rotatable bonds is 8. The maximum absolute atomic E-state index is 10.9. The number of sulfonamides is 1. The average molecular weight is 301 g/mol. The number of nitrogens with zero attached hydrogens (tertiary/aromatic N) is 2. The van der Waals surface area contributed by atoms with Crippen LogP contribution in [-0.4, -0.2) is 37.7 Å². The fourth-order valence-corrected chi connectivity index (χ4v) is 2.34. The lowest BCUT2D eigenvalue weighted by Crippen LogP contribution is -2.19. The van der Waals surface area contributed by atoms with E-state index in [1.54, 1.807) is 0 Å². The summed E-state index contributed by atoms with van der Waals surface area (Å²) in [6, 6.07) is 0. The third kappa shape index (κ3) is 5.30. The first-order valence-corrected chi connectivity index (χ1v) is 8.38. The summed E-state index contributed by atoms with van der Waals surface area (Å²) in [6.07, 6.45) is 2.22. The lowest BCUT2D eigenvalue weighted by molar-refractivity contribution is 0.595. The van der Waals surface area contributed by atoms with Crippen LogP contribution in [0.3, 0.4) is 0 Å². The van der Waals surface area contributed by atoms with Crippen molar-refractivity contribution in [3.05, 3.63) is 11.4 Å². The van der Waals surface area contributed by atoms with Gasteiger partial charge in [-0.3, -0.25) is 0 Å². The highest BCUT2D eigenvalue weighted by atomic mass is 32.2. The molecule has 0 spiro atoms. The van der Waals surface area contributed by atoms with Crippen LogP contribution in [0.5, 0.6) is 0 Å². The van der Waals surface area contributed by atoms with Crippen LogP contribution in [0.4, 0.5) is 11.6 Å². The molecule has 1 rings (SSSR count). The summed E-state index contributed by atoms with van der Waals surface area (Å²) >= 11 is 0. The van der Waals surface area contributed by atoms with E-state index in [0.717, 1.165) is 35.9 Å². The molecule has 0 atom stereocenters. The van der Waals surface area contributed by atoms with Gasteiger partial charge in [0.2, 0.25) is 10.0 Å². The Hall–Kier alpha value is -1.41. The maximum atomic E-state index is 10.9. The predicted molar refractivity (Wildman–Crippen MR) is 81.4 cm³/mol. The van der Waals surface area contributed by atoms with Crippen molar-refractivity contribution < 1.29 is 8.42 Å². The van der Waals surface area contributed by atoms with Gasteiger partial charge in [-0.05, 0) is 19.8 Å². The van der Waals surface area contributed by atoms with Crippen LogP contribution >= 0.6 is 0 Å². The van der Waals surface area contributed by atoms with Gasteiger partial charge in [0.15, 0.2) is 0 Å². The second-order valence-electron chi connectivity index (χ2n) is 4.61. The minimum atomic E-state index is -3.40. The molecule has 114 valence electrons. The van der Waals surface area contributed by atoms with E-state index in [1.807, 2.05) is 14.0 Å². The van der Waals surface area contributed by atoms with Crippen LogP contribution in [0.25, 0.3) is 0 Å². The number of nitrogens with one attached hydrogen (secondary N) is 2. The highest BCUT2D eigenvalue weighted by Crippen LogP contribution is 2.20. The SMILES string of the molecule is CCCc1nc(NC)c(C)c(NCCCS(N)(=O)=O)n1. The van der Waals surface area contributed by atoms with Crippen LogP contribution < -0.4 is 15.8 Å². The molecule has 20 heavy (non-hydrogen) atoms. The van der Waals surface area contributed by atoms with E-state index in [0.29, 0.717) is 13.0 Å². The Morgan fingerprint density at radius 2 is 1.90 bits per heavy atom. The first kappa shape index (κ1) is 16.6. The number of primary sulfonamides is 1. The lowest BCUT2D eigenvalue weighted by atomic mass is 10.2. The van der Waals surface area contributed by atoms with E-state index in [-0.39, 0.29) is 5.75 Å². The van der Waals surface area contributed by atoms with Crippen molar-refractivity contribution in [3.8, 4) is 0 Å². The molecule has 0 bridgehead atoms. The third-order valence-electron chi connectivity index (χ3n) is 2.80. The normalized spacial score (nSPS) is 11.4. The second-order valence-corrected chi connectivity index (χ2v) is 6.34. The zero-order valence-corrected chi connectivity index (χ0v) is 13.0.